The average molecular weight is 643 g/mol. The van der Waals surface area contributed by atoms with E-state index in [0.29, 0.717) is 0 Å². The lowest BCUT2D eigenvalue weighted by molar-refractivity contribution is 0.767. The number of anilines is 3. The van der Waals surface area contributed by atoms with E-state index in [1.54, 1.807) is 0 Å². The van der Waals surface area contributed by atoms with Crippen molar-refractivity contribution in [2.24, 2.45) is 0 Å². The summed E-state index contributed by atoms with van der Waals surface area (Å²) in [5.41, 5.74) is 10.5. The Morgan fingerprint density at radius 2 is 0.800 bits per heavy atom. The number of nitrogens with zero attached hydrogens (tertiary/aromatic N) is 1. The molecular weight excluding hydrogens is 618 g/mol. The molecule has 0 unspecified atom stereocenters. The maximum Gasteiger partial charge on any atom is 0.0714 e. The second-order valence-corrected chi connectivity index (χ2v) is 11.9. The third-order valence-corrected chi connectivity index (χ3v) is 8.84. The molecule has 7 rings (SSSR count). The number of benzene rings is 6. The fourth-order valence-corrected chi connectivity index (χ4v) is 6.93. The largest absolute Gasteiger partial charge is 0.311 e. The number of para-hydroxylation sites is 2. The first-order valence-electron chi connectivity index (χ1n) is 13.3. The molecule has 192 valence electrons. The summed E-state index contributed by atoms with van der Waals surface area (Å²) in [4.78, 5) is 2.31. The number of hydrogen-bond donors (Lipinski definition) is 0. The van der Waals surface area contributed by atoms with Gasteiger partial charge < -0.3 is 4.90 Å². The highest BCUT2D eigenvalue weighted by atomic mass is 79.9. The monoisotopic (exact) mass is 641 g/mol. The molecule has 0 fully saturated rings. The number of halogens is 2. The Morgan fingerprint density at radius 3 is 1.27 bits per heavy atom. The summed E-state index contributed by atoms with van der Waals surface area (Å²) in [5.74, 6) is 0. The maximum atomic E-state index is 3.79. The predicted octanol–water partition coefficient (Wildman–Crippen LogP) is 11.0. The molecule has 0 N–H and O–H groups in total. The van der Waals surface area contributed by atoms with Crippen LogP contribution in [0, 0.1) is 0 Å². The number of hydrogen-bond acceptors (Lipinski definition) is 1. The van der Waals surface area contributed by atoms with Gasteiger partial charge in [0.2, 0.25) is 0 Å². The van der Waals surface area contributed by atoms with E-state index in [-0.39, 0.29) is 0 Å². The molecule has 1 aliphatic carbocycles. The summed E-state index contributed by atoms with van der Waals surface area (Å²) in [5, 5.41) is 0. The smallest absolute Gasteiger partial charge is 0.0714 e. The topological polar surface area (TPSA) is 3.24 Å². The van der Waals surface area contributed by atoms with Gasteiger partial charge in [-0.15, -0.1) is 0 Å². The van der Waals surface area contributed by atoms with Gasteiger partial charge in [0.15, 0.2) is 0 Å². The number of rotatable bonds is 5. The molecule has 6 aromatic carbocycles. The fourth-order valence-electron chi connectivity index (χ4n) is 6.21. The van der Waals surface area contributed by atoms with Crippen LogP contribution in [-0.2, 0) is 5.41 Å². The van der Waals surface area contributed by atoms with Crippen molar-refractivity contribution in [1.82, 2.24) is 0 Å². The Balaban J connectivity index is 1.47. The minimum Gasteiger partial charge on any atom is -0.311 e. The third-order valence-electron chi connectivity index (χ3n) is 7.86. The van der Waals surface area contributed by atoms with E-state index in [2.05, 4.69) is 188 Å². The van der Waals surface area contributed by atoms with E-state index in [1.165, 1.54) is 33.4 Å². The summed E-state index contributed by atoms with van der Waals surface area (Å²) in [7, 11) is 0. The first-order chi connectivity index (χ1) is 19.7. The minimum atomic E-state index is -0.456. The van der Waals surface area contributed by atoms with Crippen molar-refractivity contribution < 1.29 is 0 Å². The van der Waals surface area contributed by atoms with Gasteiger partial charge in [0, 0.05) is 26.0 Å². The Kier molecular flexibility index (Phi) is 6.42. The lowest BCUT2D eigenvalue weighted by Crippen LogP contribution is -2.28. The highest BCUT2D eigenvalue weighted by Crippen LogP contribution is 2.57. The Morgan fingerprint density at radius 1 is 0.400 bits per heavy atom. The highest BCUT2D eigenvalue weighted by Gasteiger charge is 2.46. The molecular formula is C37H25Br2N. The van der Waals surface area contributed by atoms with Crippen molar-refractivity contribution >= 4 is 48.9 Å². The van der Waals surface area contributed by atoms with Crippen LogP contribution in [0.25, 0.3) is 11.1 Å². The zero-order valence-corrected chi connectivity index (χ0v) is 24.8. The second kappa shape index (κ2) is 10.2. The van der Waals surface area contributed by atoms with Gasteiger partial charge in [0.05, 0.1) is 5.41 Å². The standard InChI is InChI=1S/C37H25Br2N/c38-28-18-22-33-34-23-19-29(39)25-36(34)37(35(33)24-28,26-10-4-1-5-11-26)27-16-20-32(21-17-27)40(30-12-6-2-7-13-30)31-14-8-3-9-15-31/h1-25H. The van der Waals surface area contributed by atoms with Crippen molar-refractivity contribution in [2.75, 3.05) is 4.90 Å². The van der Waals surface area contributed by atoms with Crippen molar-refractivity contribution in [1.29, 1.82) is 0 Å². The van der Waals surface area contributed by atoms with Crippen molar-refractivity contribution in [3.63, 3.8) is 0 Å². The molecule has 0 saturated heterocycles. The summed E-state index contributed by atoms with van der Waals surface area (Å²) in [6.07, 6.45) is 0. The Bertz CT molecular complexity index is 1710. The molecule has 0 bridgehead atoms. The van der Waals surface area contributed by atoms with E-state index < -0.39 is 5.41 Å². The van der Waals surface area contributed by atoms with Crippen LogP contribution >= 0.6 is 31.9 Å². The Hall–Kier alpha value is -3.92. The minimum absolute atomic E-state index is 0.456. The molecule has 0 spiro atoms. The van der Waals surface area contributed by atoms with Crippen molar-refractivity contribution in [2.45, 2.75) is 5.41 Å². The summed E-state index contributed by atoms with van der Waals surface area (Å²) in [6, 6.07) is 54.5. The lowest BCUT2D eigenvalue weighted by Gasteiger charge is -2.34. The number of fused-ring (bicyclic) bond motifs is 3. The van der Waals surface area contributed by atoms with Crippen LogP contribution in [-0.4, -0.2) is 0 Å². The van der Waals surface area contributed by atoms with Crippen LogP contribution in [0.4, 0.5) is 17.1 Å². The molecule has 0 aliphatic heterocycles. The van der Waals surface area contributed by atoms with Crippen molar-refractivity contribution in [3.8, 4) is 11.1 Å². The van der Waals surface area contributed by atoms with Gasteiger partial charge in [-0.1, -0.05) is 123 Å². The second-order valence-electron chi connectivity index (χ2n) is 10.0. The van der Waals surface area contributed by atoms with E-state index in [1.807, 2.05) is 0 Å². The molecule has 6 aromatic rings. The zero-order valence-electron chi connectivity index (χ0n) is 21.6. The summed E-state index contributed by atoms with van der Waals surface area (Å²) >= 11 is 7.57. The van der Waals surface area contributed by atoms with Gasteiger partial charge in [0.1, 0.15) is 0 Å². The quantitative estimate of drug-likeness (QED) is 0.180. The van der Waals surface area contributed by atoms with Crippen LogP contribution in [0.5, 0.6) is 0 Å². The first-order valence-corrected chi connectivity index (χ1v) is 14.9. The summed E-state index contributed by atoms with van der Waals surface area (Å²) in [6.45, 7) is 0. The summed E-state index contributed by atoms with van der Waals surface area (Å²) < 4.78 is 2.16. The SMILES string of the molecule is Brc1ccc2c(c1)C(c1ccccc1)(c1ccc(N(c3ccccc3)c3ccccc3)cc1)c1cc(Br)ccc1-2. The Labute approximate surface area is 252 Å². The zero-order chi connectivity index (χ0) is 27.1. The molecule has 3 heteroatoms. The molecule has 0 saturated carbocycles. The molecule has 0 aromatic heterocycles. The van der Waals surface area contributed by atoms with Crippen molar-refractivity contribution in [3.05, 3.63) is 183 Å². The van der Waals surface area contributed by atoms with Crippen LogP contribution in [0.1, 0.15) is 22.3 Å². The molecule has 40 heavy (non-hydrogen) atoms. The van der Waals surface area contributed by atoms with Crippen LogP contribution in [0.15, 0.2) is 161 Å². The van der Waals surface area contributed by atoms with Crippen LogP contribution in [0.2, 0.25) is 0 Å². The van der Waals surface area contributed by atoms with Gasteiger partial charge >= 0.3 is 0 Å². The van der Waals surface area contributed by atoms with Gasteiger partial charge in [0.25, 0.3) is 0 Å². The van der Waals surface area contributed by atoms with Gasteiger partial charge in [-0.3, -0.25) is 0 Å². The van der Waals surface area contributed by atoms with Gasteiger partial charge in [-0.2, -0.15) is 0 Å². The molecule has 1 aliphatic rings. The predicted molar refractivity (Wildman–Crippen MR) is 174 cm³/mol. The maximum absolute atomic E-state index is 3.79. The molecule has 0 radical (unpaired) electrons. The normalized spacial score (nSPS) is 12.9. The molecule has 1 nitrogen and oxygen atoms in total. The molecule has 0 atom stereocenters. The van der Waals surface area contributed by atoms with Gasteiger partial charge in [-0.25, -0.2) is 0 Å². The van der Waals surface area contributed by atoms with E-state index in [4.69, 9.17) is 0 Å². The third kappa shape index (κ3) is 4.04. The van der Waals surface area contributed by atoms with Gasteiger partial charge in [-0.05, 0) is 94.0 Å². The van der Waals surface area contributed by atoms with E-state index >= 15 is 0 Å². The average Bonchev–Trinajstić information content (AvgIpc) is 3.28. The highest BCUT2D eigenvalue weighted by molar-refractivity contribution is 9.10. The van der Waals surface area contributed by atoms with Crippen LogP contribution in [0.3, 0.4) is 0 Å². The van der Waals surface area contributed by atoms with E-state index in [9.17, 15) is 0 Å². The van der Waals surface area contributed by atoms with Crippen LogP contribution < -0.4 is 4.90 Å². The first kappa shape index (κ1) is 25.1. The van der Waals surface area contributed by atoms with E-state index in [0.717, 1.165) is 26.0 Å². The lowest BCUT2D eigenvalue weighted by atomic mass is 9.67. The molecule has 0 heterocycles. The molecule has 0 amide bonds. The fraction of sp³-hybridized carbons (Fsp3) is 0.0270.